The second-order valence-corrected chi connectivity index (χ2v) is 5.42. The van der Waals surface area contributed by atoms with Gasteiger partial charge in [-0.05, 0) is 31.0 Å². The molecule has 2 heteroatoms. The molecule has 112 valence electrons. The molecule has 0 spiro atoms. The van der Waals surface area contributed by atoms with Crippen molar-refractivity contribution < 1.29 is 4.74 Å². The summed E-state index contributed by atoms with van der Waals surface area (Å²) >= 11 is 0. The zero-order valence-corrected chi connectivity index (χ0v) is 13.2. The molecule has 2 unspecified atom stereocenters. The first-order valence-electron chi connectivity index (χ1n) is 7.61. The first kappa shape index (κ1) is 15.7. The van der Waals surface area contributed by atoms with E-state index in [-0.39, 0.29) is 12.1 Å². The molecular formula is C19H25NO. The summed E-state index contributed by atoms with van der Waals surface area (Å²) < 4.78 is 5.78. The average molecular weight is 283 g/mol. The van der Waals surface area contributed by atoms with Crippen LogP contribution in [0.25, 0.3) is 0 Å². The number of aryl methyl sites for hydroxylation is 1. The van der Waals surface area contributed by atoms with E-state index in [1.807, 2.05) is 6.07 Å². The highest BCUT2D eigenvalue weighted by Gasteiger charge is 2.22. The molecule has 0 aliphatic carbocycles. The Kier molecular flexibility index (Phi) is 5.97. The molecule has 0 heterocycles. The van der Waals surface area contributed by atoms with Crippen LogP contribution in [0.15, 0.2) is 54.6 Å². The molecule has 1 N–H and O–H groups in total. The lowest BCUT2D eigenvalue weighted by Crippen LogP contribution is -2.37. The maximum Gasteiger partial charge on any atom is 0.0977 e. The van der Waals surface area contributed by atoms with Crippen LogP contribution in [0.5, 0.6) is 0 Å². The van der Waals surface area contributed by atoms with Gasteiger partial charge in [-0.15, -0.1) is 0 Å². The largest absolute Gasteiger partial charge is 0.375 e. The highest BCUT2D eigenvalue weighted by molar-refractivity contribution is 5.24. The molecule has 0 aliphatic heterocycles. The lowest BCUT2D eigenvalue weighted by Gasteiger charge is -2.27. The summed E-state index contributed by atoms with van der Waals surface area (Å²) in [6, 6.07) is 19.5. The smallest absolute Gasteiger partial charge is 0.0977 e. The third-order valence-corrected chi connectivity index (χ3v) is 3.79. The van der Waals surface area contributed by atoms with Crippen molar-refractivity contribution in [2.24, 2.45) is 0 Å². The van der Waals surface area contributed by atoms with Gasteiger partial charge >= 0.3 is 0 Å². The Morgan fingerprint density at radius 1 is 1.00 bits per heavy atom. The SMILES string of the molecule is CCNC(Cc1ccc(C)cc1)C(OC)c1ccccc1. The summed E-state index contributed by atoms with van der Waals surface area (Å²) in [5, 5.41) is 3.57. The van der Waals surface area contributed by atoms with Crippen LogP contribution in [0.2, 0.25) is 0 Å². The summed E-state index contributed by atoms with van der Waals surface area (Å²) in [6.45, 7) is 5.19. The molecule has 2 rings (SSSR count). The first-order valence-corrected chi connectivity index (χ1v) is 7.61. The van der Waals surface area contributed by atoms with Crippen LogP contribution < -0.4 is 5.32 Å². The standard InChI is InChI=1S/C19H25NO/c1-4-20-18(14-16-12-10-15(2)11-13-16)19(21-3)17-8-6-5-7-9-17/h5-13,18-20H,4,14H2,1-3H3. The van der Waals surface area contributed by atoms with Crippen LogP contribution >= 0.6 is 0 Å². The Hall–Kier alpha value is -1.64. The highest BCUT2D eigenvalue weighted by atomic mass is 16.5. The average Bonchev–Trinajstić information content (AvgIpc) is 2.51. The van der Waals surface area contributed by atoms with E-state index in [2.05, 4.69) is 67.7 Å². The van der Waals surface area contributed by atoms with Crippen molar-refractivity contribution in [3.05, 3.63) is 71.3 Å². The van der Waals surface area contributed by atoms with Crippen molar-refractivity contribution in [2.45, 2.75) is 32.4 Å². The molecular weight excluding hydrogens is 258 g/mol. The molecule has 0 saturated heterocycles. The molecule has 2 aromatic rings. The van der Waals surface area contributed by atoms with E-state index in [0.717, 1.165) is 13.0 Å². The molecule has 0 bridgehead atoms. The second kappa shape index (κ2) is 7.96. The van der Waals surface area contributed by atoms with E-state index in [1.54, 1.807) is 7.11 Å². The fourth-order valence-corrected chi connectivity index (χ4v) is 2.70. The highest BCUT2D eigenvalue weighted by Crippen LogP contribution is 2.23. The third-order valence-electron chi connectivity index (χ3n) is 3.79. The van der Waals surface area contributed by atoms with Crippen molar-refractivity contribution in [2.75, 3.05) is 13.7 Å². The summed E-state index contributed by atoms with van der Waals surface area (Å²) in [5.41, 5.74) is 3.85. The van der Waals surface area contributed by atoms with Crippen LogP contribution in [-0.2, 0) is 11.2 Å². The zero-order chi connectivity index (χ0) is 15.1. The quantitative estimate of drug-likeness (QED) is 0.832. The van der Waals surface area contributed by atoms with Gasteiger partial charge < -0.3 is 10.1 Å². The van der Waals surface area contributed by atoms with E-state index in [0.29, 0.717) is 0 Å². The van der Waals surface area contributed by atoms with Crippen molar-refractivity contribution in [3.8, 4) is 0 Å². The monoisotopic (exact) mass is 283 g/mol. The van der Waals surface area contributed by atoms with Gasteiger partial charge in [-0.2, -0.15) is 0 Å². The Bertz CT molecular complexity index is 521. The van der Waals surface area contributed by atoms with Crippen molar-refractivity contribution in [1.29, 1.82) is 0 Å². The van der Waals surface area contributed by atoms with E-state index in [4.69, 9.17) is 4.74 Å². The molecule has 0 aromatic heterocycles. The third kappa shape index (κ3) is 4.42. The van der Waals surface area contributed by atoms with Gasteiger partial charge in [-0.25, -0.2) is 0 Å². The van der Waals surface area contributed by atoms with Crippen LogP contribution in [0.1, 0.15) is 29.7 Å². The number of nitrogens with one attached hydrogen (secondary N) is 1. The molecule has 0 saturated carbocycles. The Labute approximate surface area is 128 Å². The minimum Gasteiger partial charge on any atom is -0.375 e. The molecule has 21 heavy (non-hydrogen) atoms. The van der Waals surface area contributed by atoms with Gasteiger partial charge in [-0.1, -0.05) is 67.1 Å². The van der Waals surface area contributed by atoms with Gasteiger partial charge in [-0.3, -0.25) is 0 Å². The zero-order valence-electron chi connectivity index (χ0n) is 13.2. The fraction of sp³-hybridized carbons (Fsp3) is 0.368. The summed E-state index contributed by atoms with van der Waals surface area (Å²) in [6.07, 6.45) is 1.02. The lowest BCUT2D eigenvalue weighted by molar-refractivity contribution is 0.0684. The molecule has 2 nitrogen and oxygen atoms in total. The van der Waals surface area contributed by atoms with Crippen molar-refractivity contribution in [1.82, 2.24) is 5.32 Å². The number of hydrogen-bond donors (Lipinski definition) is 1. The Morgan fingerprint density at radius 2 is 1.67 bits per heavy atom. The van der Waals surface area contributed by atoms with Gasteiger partial charge in [0, 0.05) is 13.2 Å². The fourth-order valence-electron chi connectivity index (χ4n) is 2.70. The molecule has 0 aliphatic rings. The van der Waals surface area contributed by atoms with E-state index in [9.17, 15) is 0 Å². The predicted octanol–water partition coefficient (Wildman–Crippen LogP) is 3.90. The number of rotatable bonds is 7. The first-order chi connectivity index (χ1) is 10.2. The molecule has 2 atom stereocenters. The van der Waals surface area contributed by atoms with Crippen LogP contribution in [0.4, 0.5) is 0 Å². The molecule has 0 amide bonds. The molecule has 0 fully saturated rings. The maximum atomic E-state index is 5.78. The van der Waals surface area contributed by atoms with E-state index >= 15 is 0 Å². The maximum absolute atomic E-state index is 5.78. The van der Waals surface area contributed by atoms with Crippen molar-refractivity contribution >= 4 is 0 Å². The minimum absolute atomic E-state index is 0.0625. The molecule has 2 aromatic carbocycles. The summed E-state index contributed by atoms with van der Waals surface area (Å²) in [7, 11) is 1.79. The van der Waals surface area contributed by atoms with E-state index in [1.165, 1.54) is 16.7 Å². The summed E-state index contributed by atoms with van der Waals surface area (Å²) in [5.74, 6) is 0. The number of ether oxygens (including phenoxy) is 1. The second-order valence-electron chi connectivity index (χ2n) is 5.42. The predicted molar refractivity (Wildman–Crippen MR) is 88.5 cm³/mol. The number of hydrogen-bond acceptors (Lipinski definition) is 2. The van der Waals surface area contributed by atoms with E-state index < -0.39 is 0 Å². The number of likely N-dealkylation sites (N-methyl/N-ethyl adjacent to an activating group) is 1. The topological polar surface area (TPSA) is 21.3 Å². The van der Waals surface area contributed by atoms with Crippen LogP contribution in [-0.4, -0.2) is 19.7 Å². The Balaban J connectivity index is 2.18. The van der Waals surface area contributed by atoms with Crippen molar-refractivity contribution in [3.63, 3.8) is 0 Å². The van der Waals surface area contributed by atoms with Gasteiger partial charge in [0.15, 0.2) is 0 Å². The van der Waals surface area contributed by atoms with Crippen LogP contribution in [0, 0.1) is 6.92 Å². The Morgan fingerprint density at radius 3 is 2.24 bits per heavy atom. The molecule has 0 radical (unpaired) electrons. The van der Waals surface area contributed by atoms with Gasteiger partial charge in [0.25, 0.3) is 0 Å². The summed E-state index contributed by atoms with van der Waals surface area (Å²) in [4.78, 5) is 0. The van der Waals surface area contributed by atoms with Gasteiger partial charge in [0.2, 0.25) is 0 Å². The lowest BCUT2D eigenvalue weighted by atomic mass is 9.95. The van der Waals surface area contributed by atoms with Gasteiger partial charge in [0.05, 0.1) is 6.10 Å². The normalized spacial score (nSPS) is 13.9. The van der Waals surface area contributed by atoms with Gasteiger partial charge in [0.1, 0.15) is 0 Å². The van der Waals surface area contributed by atoms with Crippen LogP contribution in [0.3, 0.4) is 0 Å². The number of methoxy groups -OCH3 is 1. The number of benzene rings is 2. The minimum atomic E-state index is 0.0625.